The van der Waals surface area contributed by atoms with Crippen molar-refractivity contribution < 1.29 is 19.1 Å². The van der Waals surface area contributed by atoms with E-state index in [9.17, 15) is 9.59 Å². The molecule has 7 nitrogen and oxygen atoms in total. The molecule has 0 aliphatic carbocycles. The molecule has 2 rings (SSSR count). The summed E-state index contributed by atoms with van der Waals surface area (Å²) in [7, 11) is 0. The zero-order valence-electron chi connectivity index (χ0n) is 14.5. The van der Waals surface area contributed by atoms with Gasteiger partial charge < -0.3 is 14.8 Å². The summed E-state index contributed by atoms with van der Waals surface area (Å²) in [6.45, 7) is 5.99. The van der Waals surface area contributed by atoms with Gasteiger partial charge in [-0.2, -0.15) is 0 Å². The summed E-state index contributed by atoms with van der Waals surface area (Å²) < 4.78 is 10.7. The Morgan fingerprint density at radius 3 is 2.76 bits per heavy atom. The minimum atomic E-state index is -0.534. The standard InChI is InChI=1S/C18H21N3O4/c1-18(2,3)25-17(23)21-6-7-24-16-9-14(10-19-11-16)13-4-5-20-15(8-13)12-22/h4-5,8-12H,6-7H2,1-3H3,(H,21,23). The minimum absolute atomic E-state index is 0.278. The van der Waals surface area contributed by atoms with Crippen LogP contribution in [-0.4, -0.2) is 41.1 Å². The average molecular weight is 343 g/mol. The molecular formula is C18H21N3O4. The van der Waals surface area contributed by atoms with Crippen LogP contribution in [0.1, 0.15) is 31.3 Å². The third kappa shape index (κ3) is 6.21. The molecule has 0 fully saturated rings. The van der Waals surface area contributed by atoms with Gasteiger partial charge in [-0.15, -0.1) is 0 Å². The molecule has 0 radical (unpaired) electrons. The fourth-order valence-electron chi connectivity index (χ4n) is 1.98. The lowest BCUT2D eigenvalue weighted by molar-refractivity contribution is 0.0520. The predicted molar refractivity (Wildman–Crippen MR) is 92.6 cm³/mol. The largest absolute Gasteiger partial charge is 0.490 e. The summed E-state index contributed by atoms with van der Waals surface area (Å²) in [6, 6.07) is 5.28. The van der Waals surface area contributed by atoms with Gasteiger partial charge in [-0.05, 0) is 44.5 Å². The molecule has 0 saturated heterocycles. The molecule has 2 aromatic rings. The van der Waals surface area contributed by atoms with Crippen LogP contribution in [0.25, 0.3) is 11.1 Å². The molecule has 0 atom stereocenters. The number of hydrogen-bond donors (Lipinski definition) is 1. The molecule has 132 valence electrons. The van der Waals surface area contributed by atoms with Crippen molar-refractivity contribution in [1.82, 2.24) is 15.3 Å². The third-order valence-electron chi connectivity index (χ3n) is 2.99. The maximum atomic E-state index is 11.5. The normalized spacial score (nSPS) is 10.8. The van der Waals surface area contributed by atoms with Gasteiger partial charge >= 0.3 is 6.09 Å². The smallest absolute Gasteiger partial charge is 0.407 e. The number of alkyl carbamates (subject to hydrolysis) is 1. The van der Waals surface area contributed by atoms with Crippen LogP contribution in [0.3, 0.4) is 0 Å². The first-order valence-corrected chi connectivity index (χ1v) is 7.84. The van der Waals surface area contributed by atoms with Gasteiger partial charge in [0.25, 0.3) is 0 Å². The fraction of sp³-hybridized carbons (Fsp3) is 0.333. The van der Waals surface area contributed by atoms with Crippen molar-refractivity contribution in [1.29, 1.82) is 0 Å². The van der Waals surface area contributed by atoms with Crippen molar-refractivity contribution in [2.75, 3.05) is 13.2 Å². The SMILES string of the molecule is CC(C)(C)OC(=O)NCCOc1cncc(-c2ccnc(C=O)c2)c1. The molecular weight excluding hydrogens is 322 g/mol. The van der Waals surface area contributed by atoms with E-state index in [0.717, 1.165) is 11.1 Å². The Bertz CT molecular complexity index is 741. The topological polar surface area (TPSA) is 90.4 Å². The monoisotopic (exact) mass is 343 g/mol. The van der Waals surface area contributed by atoms with Gasteiger partial charge in [0, 0.05) is 18.0 Å². The maximum Gasteiger partial charge on any atom is 0.407 e. The number of ether oxygens (including phenoxy) is 2. The molecule has 25 heavy (non-hydrogen) atoms. The van der Waals surface area contributed by atoms with E-state index < -0.39 is 11.7 Å². The van der Waals surface area contributed by atoms with Crippen LogP contribution < -0.4 is 10.1 Å². The van der Waals surface area contributed by atoms with Crippen LogP contribution in [0.15, 0.2) is 36.8 Å². The number of carbonyl (C=O) groups is 2. The quantitative estimate of drug-likeness (QED) is 0.641. The highest BCUT2D eigenvalue weighted by molar-refractivity contribution is 5.76. The van der Waals surface area contributed by atoms with Gasteiger partial charge in [0.15, 0.2) is 6.29 Å². The number of hydrogen-bond acceptors (Lipinski definition) is 6. The Morgan fingerprint density at radius 1 is 1.24 bits per heavy atom. The Labute approximate surface area is 146 Å². The Morgan fingerprint density at radius 2 is 2.04 bits per heavy atom. The Balaban J connectivity index is 1.89. The van der Waals surface area contributed by atoms with Crippen LogP contribution in [0, 0.1) is 0 Å². The van der Waals surface area contributed by atoms with E-state index in [-0.39, 0.29) is 6.61 Å². The van der Waals surface area contributed by atoms with Crippen molar-refractivity contribution in [3.8, 4) is 16.9 Å². The number of amides is 1. The van der Waals surface area contributed by atoms with Gasteiger partial charge in [-0.25, -0.2) is 4.79 Å². The highest BCUT2D eigenvalue weighted by atomic mass is 16.6. The molecule has 1 amide bonds. The van der Waals surface area contributed by atoms with Gasteiger partial charge in [-0.3, -0.25) is 14.8 Å². The molecule has 2 aromatic heterocycles. The van der Waals surface area contributed by atoms with Crippen molar-refractivity contribution in [3.05, 3.63) is 42.5 Å². The summed E-state index contributed by atoms with van der Waals surface area (Å²) in [5.74, 6) is 0.563. The first-order valence-electron chi connectivity index (χ1n) is 7.84. The molecule has 0 aliphatic heterocycles. The van der Waals surface area contributed by atoms with Crippen LogP contribution in [0.5, 0.6) is 5.75 Å². The second kappa shape index (κ2) is 8.23. The van der Waals surface area contributed by atoms with E-state index in [1.165, 1.54) is 0 Å². The molecule has 0 aliphatic rings. The second-order valence-corrected chi connectivity index (χ2v) is 6.27. The van der Waals surface area contributed by atoms with Crippen molar-refractivity contribution in [2.45, 2.75) is 26.4 Å². The highest BCUT2D eigenvalue weighted by Gasteiger charge is 2.15. The van der Waals surface area contributed by atoms with E-state index in [2.05, 4.69) is 15.3 Å². The van der Waals surface area contributed by atoms with Crippen molar-refractivity contribution >= 4 is 12.4 Å². The van der Waals surface area contributed by atoms with Gasteiger partial charge in [-0.1, -0.05) is 0 Å². The average Bonchev–Trinajstić information content (AvgIpc) is 2.57. The van der Waals surface area contributed by atoms with Gasteiger partial charge in [0.2, 0.25) is 0 Å². The van der Waals surface area contributed by atoms with E-state index in [4.69, 9.17) is 9.47 Å². The molecule has 0 aromatic carbocycles. The van der Waals surface area contributed by atoms with Crippen LogP contribution in [0.2, 0.25) is 0 Å². The van der Waals surface area contributed by atoms with Crippen molar-refractivity contribution in [3.63, 3.8) is 0 Å². The van der Waals surface area contributed by atoms with Crippen LogP contribution in [0.4, 0.5) is 4.79 Å². The highest BCUT2D eigenvalue weighted by Crippen LogP contribution is 2.22. The minimum Gasteiger partial charge on any atom is -0.490 e. The first-order chi connectivity index (χ1) is 11.9. The molecule has 0 saturated carbocycles. The Kier molecular flexibility index (Phi) is 6.05. The molecule has 1 N–H and O–H groups in total. The number of nitrogens with one attached hydrogen (secondary N) is 1. The van der Waals surface area contributed by atoms with E-state index in [1.807, 2.05) is 6.07 Å². The molecule has 2 heterocycles. The Hall–Kier alpha value is -2.96. The molecule has 0 spiro atoms. The van der Waals surface area contributed by atoms with Gasteiger partial charge in [0.05, 0.1) is 12.7 Å². The zero-order valence-corrected chi connectivity index (χ0v) is 14.5. The number of rotatable bonds is 6. The number of nitrogens with zero attached hydrogens (tertiary/aromatic N) is 2. The number of aromatic nitrogens is 2. The lowest BCUT2D eigenvalue weighted by Gasteiger charge is -2.19. The predicted octanol–water partition coefficient (Wildman–Crippen LogP) is 2.86. The van der Waals surface area contributed by atoms with E-state index in [1.54, 1.807) is 51.5 Å². The summed E-state index contributed by atoms with van der Waals surface area (Å²) in [4.78, 5) is 30.4. The zero-order chi connectivity index (χ0) is 18.3. The van der Waals surface area contributed by atoms with Crippen LogP contribution in [-0.2, 0) is 4.74 Å². The lowest BCUT2D eigenvalue weighted by Crippen LogP contribution is -2.34. The van der Waals surface area contributed by atoms with Gasteiger partial charge in [0.1, 0.15) is 23.7 Å². The fourth-order valence-corrected chi connectivity index (χ4v) is 1.98. The van der Waals surface area contributed by atoms with E-state index >= 15 is 0 Å². The summed E-state index contributed by atoms with van der Waals surface area (Å²) in [6.07, 6.45) is 5.03. The second-order valence-electron chi connectivity index (χ2n) is 6.27. The number of aldehydes is 1. The summed E-state index contributed by atoms with van der Waals surface area (Å²) >= 11 is 0. The summed E-state index contributed by atoms with van der Waals surface area (Å²) in [5.41, 5.74) is 1.45. The number of pyridine rings is 2. The molecule has 0 unspecified atom stereocenters. The maximum absolute atomic E-state index is 11.5. The number of carbonyl (C=O) groups excluding carboxylic acids is 2. The third-order valence-corrected chi connectivity index (χ3v) is 2.99. The molecule has 0 bridgehead atoms. The first kappa shape index (κ1) is 18.4. The van der Waals surface area contributed by atoms with Crippen LogP contribution >= 0.6 is 0 Å². The van der Waals surface area contributed by atoms with Crippen molar-refractivity contribution in [2.24, 2.45) is 0 Å². The van der Waals surface area contributed by atoms with E-state index in [0.29, 0.717) is 24.3 Å². The molecule has 7 heteroatoms. The lowest BCUT2D eigenvalue weighted by atomic mass is 10.1. The summed E-state index contributed by atoms with van der Waals surface area (Å²) in [5, 5.41) is 2.62.